The van der Waals surface area contributed by atoms with Crippen molar-refractivity contribution in [2.45, 2.75) is 44.4 Å². The normalized spacial score (nSPS) is 23.1. The second-order valence-corrected chi connectivity index (χ2v) is 4.91. The van der Waals surface area contributed by atoms with Crippen LogP contribution in [-0.2, 0) is 16.1 Å². The molecule has 19 heavy (non-hydrogen) atoms. The lowest BCUT2D eigenvalue weighted by molar-refractivity contribution is -0.128. The Balaban J connectivity index is 1.87. The topological polar surface area (TPSA) is 58.6 Å². The van der Waals surface area contributed by atoms with Gasteiger partial charge in [-0.3, -0.25) is 4.79 Å². The van der Waals surface area contributed by atoms with Crippen LogP contribution in [0.5, 0.6) is 0 Å². The second-order valence-electron chi connectivity index (χ2n) is 4.91. The molecule has 1 aliphatic rings. The minimum absolute atomic E-state index is 0.0251. The third-order valence-electron chi connectivity index (χ3n) is 3.43. The van der Waals surface area contributed by atoms with Crippen LogP contribution in [0.4, 0.5) is 0 Å². The average molecular weight is 263 g/mol. The second kappa shape index (κ2) is 7.26. The Bertz CT molecular complexity index is 394. The summed E-state index contributed by atoms with van der Waals surface area (Å²) >= 11 is 0. The molecule has 104 valence electrons. The predicted molar refractivity (Wildman–Crippen MR) is 72.5 cm³/mol. The fraction of sp³-hybridized carbons (Fsp3) is 0.533. The van der Waals surface area contributed by atoms with Crippen LogP contribution < -0.4 is 5.32 Å². The molecule has 1 fully saturated rings. The van der Waals surface area contributed by atoms with E-state index in [0.29, 0.717) is 19.4 Å². The van der Waals surface area contributed by atoms with Gasteiger partial charge >= 0.3 is 0 Å². The van der Waals surface area contributed by atoms with Gasteiger partial charge in [0.2, 0.25) is 5.91 Å². The van der Waals surface area contributed by atoms with E-state index in [1.165, 1.54) is 0 Å². The van der Waals surface area contributed by atoms with Crippen molar-refractivity contribution >= 4 is 5.91 Å². The molecule has 4 heteroatoms. The van der Waals surface area contributed by atoms with Gasteiger partial charge in [0.25, 0.3) is 0 Å². The Labute approximate surface area is 113 Å². The van der Waals surface area contributed by atoms with Crippen molar-refractivity contribution in [3.63, 3.8) is 0 Å². The largest absolute Gasteiger partial charge is 0.396 e. The van der Waals surface area contributed by atoms with Crippen LogP contribution in [0, 0.1) is 0 Å². The summed E-state index contributed by atoms with van der Waals surface area (Å²) in [5.74, 6) is 0.0856. The predicted octanol–water partition coefficient (Wildman–Crippen LogP) is 1.62. The number of amides is 1. The van der Waals surface area contributed by atoms with Crippen LogP contribution in [-0.4, -0.2) is 29.8 Å². The summed E-state index contributed by atoms with van der Waals surface area (Å²) in [6.45, 7) is 0.717. The van der Waals surface area contributed by atoms with Gasteiger partial charge in [-0.2, -0.15) is 0 Å². The molecule has 1 aromatic carbocycles. The van der Waals surface area contributed by atoms with Crippen LogP contribution in [0.15, 0.2) is 30.3 Å². The molecular weight excluding hydrogens is 242 g/mol. The van der Waals surface area contributed by atoms with E-state index in [-0.39, 0.29) is 24.7 Å². The van der Waals surface area contributed by atoms with Crippen LogP contribution in [0.25, 0.3) is 0 Å². The fourth-order valence-corrected chi connectivity index (χ4v) is 2.39. The lowest BCUT2D eigenvalue weighted by atomic mass is 9.96. The van der Waals surface area contributed by atoms with E-state index in [4.69, 9.17) is 9.84 Å². The van der Waals surface area contributed by atoms with Crippen LogP contribution in [0.1, 0.15) is 31.2 Å². The molecule has 1 saturated heterocycles. The lowest BCUT2D eigenvalue weighted by Crippen LogP contribution is -2.49. The Kier molecular flexibility index (Phi) is 5.36. The Hall–Kier alpha value is -1.39. The van der Waals surface area contributed by atoms with Gasteiger partial charge in [0.1, 0.15) is 0 Å². The number of hydrogen-bond acceptors (Lipinski definition) is 3. The van der Waals surface area contributed by atoms with Crippen molar-refractivity contribution < 1.29 is 14.6 Å². The molecular formula is C15H21NO3. The van der Waals surface area contributed by atoms with E-state index in [1.54, 1.807) is 0 Å². The number of hydrogen-bond donors (Lipinski definition) is 2. The molecule has 1 amide bonds. The summed E-state index contributed by atoms with van der Waals surface area (Å²) < 4.78 is 5.93. The monoisotopic (exact) mass is 263 g/mol. The summed E-state index contributed by atoms with van der Waals surface area (Å²) in [4.78, 5) is 11.4. The Morgan fingerprint density at radius 1 is 1.32 bits per heavy atom. The zero-order chi connectivity index (χ0) is 13.5. The number of nitrogens with one attached hydrogen (secondary N) is 1. The van der Waals surface area contributed by atoms with Crippen molar-refractivity contribution in [2.24, 2.45) is 0 Å². The zero-order valence-electron chi connectivity index (χ0n) is 11.0. The number of carbonyl (C=O) groups excluding carboxylic acids is 1. The first-order valence-electron chi connectivity index (χ1n) is 6.85. The molecule has 0 spiro atoms. The molecule has 1 heterocycles. The first kappa shape index (κ1) is 14.0. The molecule has 2 N–H and O–H groups in total. The van der Waals surface area contributed by atoms with Gasteiger partial charge in [-0.15, -0.1) is 0 Å². The van der Waals surface area contributed by atoms with Gasteiger partial charge in [0.15, 0.2) is 0 Å². The van der Waals surface area contributed by atoms with Crippen LogP contribution in [0.2, 0.25) is 0 Å². The molecule has 2 rings (SSSR count). The third-order valence-corrected chi connectivity index (χ3v) is 3.43. The van der Waals surface area contributed by atoms with Crippen molar-refractivity contribution in [3.8, 4) is 0 Å². The van der Waals surface area contributed by atoms with Crippen molar-refractivity contribution in [3.05, 3.63) is 35.9 Å². The molecule has 0 aromatic heterocycles. The van der Waals surface area contributed by atoms with Gasteiger partial charge in [0.05, 0.1) is 18.8 Å². The quantitative estimate of drug-likeness (QED) is 0.820. The molecule has 0 radical (unpaired) electrons. The molecule has 0 saturated carbocycles. The maximum atomic E-state index is 11.4. The summed E-state index contributed by atoms with van der Waals surface area (Å²) in [6.07, 6.45) is 2.78. The molecule has 4 nitrogen and oxygen atoms in total. The maximum absolute atomic E-state index is 11.4. The summed E-state index contributed by atoms with van der Waals surface area (Å²) in [6, 6.07) is 10.1. The van der Waals surface area contributed by atoms with E-state index in [0.717, 1.165) is 18.4 Å². The fourth-order valence-electron chi connectivity index (χ4n) is 2.39. The highest BCUT2D eigenvalue weighted by molar-refractivity contribution is 5.77. The van der Waals surface area contributed by atoms with Gasteiger partial charge in [-0.1, -0.05) is 30.3 Å². The molecule has 0 bridgehead atoms. The van der Waals surface area contributed by atoms with Crippen molar-refractivity contribution in [2.75, 3.05) is 6.61 Å². The third kappa shape index (κ3) is 4.33. The summed E-state index contributed by atoms with van der Waals surface area (Å²) in [5.41, 5.74) is 1.14. The minimum atomic E-state index is 0.0251. The molecule has 1 aromatic rings. The first-order valence-corrected chi connectivity index (χ1v) is 6.85. The number of aliphatic hydroxyl groups is 1. The summed E-state index contributed by atoms with van der Waals surface area (Å²) in [7, 11) is 0. The van der Waals surface area contributed by atoms with Gasteiger partial charge in [-0.25, -0.2) is 0 Å². The highest BCUT2D eigenvalue weighted by atomic mass is 16.5. The minimum Gasteiger partial charge on any atom is -0.396 e. The molecule has 0 unspecified atom stereocenters. The van der Waals surface area contributed by atoms with Crippen molar-refractivity contribution in [1.82, 2.24) is 5.32 Å². The van der Waals surface area contributed by atoms with Crippen molar-refractivity contribution in [1.29, 1.82) is 0 Å². The van der Waals surface area contributed by atoms with Crippen LogP contribution >= 0.6 is 0 Å². The van der Waals surface area contributed by atoms with Gasteiger partial charge in [0, 0.05) is 13.0 Å². The van der Waals surface area contributed by atoms with E-state index in [1.807, 2.05) is 30.3 Å². The highest BCUT2D eigenvalue weighted by Crippen LogP contribution is 2.18. The lowest BCUT2D eigenvalue weighted by Gasteiger charge is -2.32. The van der Waals surface area contributed by atoms with E-state index in [2.05, 4.69) is 5.32 Å². The number of rotatable bonds is 6. The van der Waals surface area contributed by atoms with Crippen LogP contribution in [0.3, 0.4) is 0 Å². The number of carbonyl (C=O) groups is 1. The number of benzene rings is 1. The van der Waals surface area contributed by atoms with Gasteiger partial charge in [-0.05, 0) is 24.8 Å². The van der Waals surface area contributed by atoms with E-state index in [9.17, 15) is 4.79 Å². The number of ether oxygens (including phenoxy) is 1. The molecule has 0 aliphatic carbocycles. The molecule has 2 atom stereocenters. The zero-order valence-corrected chi connectivity index (χ0v) is 11.0. The Morgan fingerprint density at radius 2 is 2.11 bits per heavy atom. The maximum Gasteiger partial charge on any atom is 0.220 e. The average Bonchev–Trinajstić information content (AvgIpc) is 2.45. The van der Waals surface area contributed by atoms with Gasteiger partial charge < -0.3 is 15.2 Å². The SMILES string of the molecule is O=C1CC[C@@H](OCc2ccccc2)[C@H](CCCO)N1. The number of aliphatic hydroxyl groups excluding tert-OH is 1. The Morgan fingerprint density at radius 3 is 2.84 bits per heavy atom. The molecule has 1 aliphatic heterocycles. The smallest absolute Gasteiger partial charge is 0.220 e. The first-order chi connectivity index (χ1) is 9.29. The summed E-state index contributed by atoms with van der Waals surface area (Å²) in [5, 5.41) is 11.9. The standard InChI is InChI=1S/C15H21NO3/c17-10-4-7-13-14(8-9-15(18)16-13)19-11-12-5-2-1-3-6-12/h1-3,5-6,13-14,17H,4,7-11H2,(H,16,18)/t13-,14+/m0/s1. The number of piperidine rings is 1. The highest BCUT2D eigenvalue weighted by Gasteiger charge is 2.28. The van der Waals surface area contributed by atoms with E-state index < -0.39 is 0 Å². The van der Waals surface area contributed by atoms with E-state index >= 15 is 0 Å².